The number of carbonyl (C=O) groups excluding carboxylic acids is 1. The first-order valence-corrected chi connectivity index (χ1v) is 8.03. The second-order valence-electron chi connectivity index (χ2n) is 5.46. The minimum absolute atomic E-state index is 0.137. The van der Waals surface area contributed by atoms with E-state index in [1.54, 1.807) is 15.6 Å². The predicted octanol–water partition coefficient (Wildman–Crippen LogP) is 1.98. The number of carbonyl (C=O) groups is 1. The summed E-state index contributed by atoms with van der Waals surface area (Å²) in [5, 5.41) is 7.49. The molecule has 0 radical (unpaired) electrons. The van der Waals surface area contributed by atoms with Gasteiger partial charge in [-0.1, -0.05) is 0 Å². The van der Waals surface area contributed by atoms with Gasteiger partial charge in [0, 0.05) is 25.8 Å². The smallest absolute Gasteiger partial charge is 0.410 e. The Morgan fingerprint density at radius 1 is 1.55 bits per heavy atom. The third-order valence-corrected chi connectivity index (χ3v) is 4.06. The van der Waals surface area contributed by atoms with Gasteiger partial charge in [0.2, 0.25) is 0 Å². The van der Waals surface area contributed by atoms with E-state index in [2.05, 4.69) is 31.3 Å². The van der Waals surface area contributed by atoms with Crippen molar-refractivity contribution >= 4 is 27.7 Å². The van der Waals surface area contributed by atoms with E-state index < -0.39 is 0 Å². The lowest BCUT2D eigenvalue weighted by molar-refractivity contribution is 0.0554. The van der Waals surface area contributed by atoms with Crippen molar-refractivity contribution in [2.45, 2.75) is 26.0 Å². The van der Waals surface area contributed by atoms with E-state index >= 15 is 0 Å². The van der Waals surface area contributed by atoms with Crippen LogP contribution in [-0.4, -0.2) is 51.3 Å². The summed E-state index contributed by atoms with van der Waals surface area (Å²) < 4.78 is 7.87. The number of hydrogen-bond donors (Lipinski definition) is 1. The van der Waals surface area contributed by atoms with Gasteiger partial charge in [0.1, 0.15) is 0 Å². The maximum absolute atomic E-state index is 12.3. The van der Waals surface area contributed by atoms with Gasteiger partial charge in [0.15, 0.2) is 5.65 Å². The molecule has 1 aliphatic heterocycles. The Kier molecular flexibility index (Phi) is 4.30. The van der Waals surface area contributed by atoms with Gasteiger partial charge < -0.3 is 10.1 Å². The van der Waals surface area contributed by atoms with Crippen LogP contribution in [0.15, 0.2) is 22.9 Å². The van der Waals surface area contributed by atoms with E-state index in [1.807, 2.05) is 26.1 Å². The first kappa shape index (κ1) is 15.2. The van der Waals surface area contributed by atoms with Gasteiger partial charge >= 0.3 is 6.09 Å². The Balaban J connectivity index is 1.91. The number of hydrogen-bond acceptors (Lipinski definition) is 5. The van der Waals surface area contributed by atoms with E-state index in [4.69, 9.17) is 4.74 Å². The first-order valence-electron chi connectivity index (χ1n) is 7.24. The molecule has 1 N–H and O–H groups in total. The highest BCUT2D eigenvalue weighted by Gasteiger charge is 2.30. The number of fused-ring (bicyclic) bond motifs is 1. The monoisotopic (exact) mass is 367 g/mol. The summed E-state index contributed by atoms with van der Waals surface area (Å²) in [4.78, 5) is 18.7. The molecule has 1 atom stereocenters. The molecule has 2 aromatic rings. The minimum atomic E-state index is -0.296. The van der Waals surface area contributed by atoms with E-state index in [-0.39, 0.29) is 18.2 Å². The molecule has 1 unspecified atom stereocenters. The molecule has 7 nitrogen and oxygen atoms in total. The van der Waals surface area contributed by atoms with Crippen molar-refractivity contribution in [3.63, 3.8) is 0 Å². The van der Waals surface area contributed by atoms with Crippen LogP contribution in [0.3, 0.4) is 0 Å². The average Bonchev–Trinajstić information content (AvgIpc) is 2.87. The number of amides is 1. The first-order chi connectivity index (χ1) is 10.6. The number of piperazine rings is 1. The highest BCUT2D eigenvalue weighted by molar-refractivity contribution is 9.10. The lowest BCUT2D eigenvalue weighted by Gasteiger charge is -2.35. The molecule has 1 amide bonds. The molecule has 3 heterocycles. The summed E-state index contributed by atoms with van der Waals surface area (Å²) in [6, 6.07) is 1.74. The SMILES string of the molecule is CC(C)OC(=O)N1CCNCC1c1ccn2ncc(Br)c2n1. The normalized spacial score (nSPS) is 18.9. The number of halogens is 1. The summed E-state index contributed by atoms with van der Waals surface area (Å²) in [6.07, 6.45) is 3.12. The van der Waals surface area contributed by atoms with Crippen LogP contribution in [0.4, 0.5) is 4.79 Å². The molecule has 3 rings (SSSR count). The van der Waals surface area contributed by atoms with Crippen LogP contribution in [-0.2, 0) is 4.74 Å². The maximum Gasteiger partial charge on any atom is 0.410 e. The van der Waals surface area contributed by atoms with Gasteiger partial charge in [0.25, 0.3) is 0 Å². The minimum Gasteiger partial charge on any atom is -0.447 e. The Morgan fingerprint density at radius 2 is 2.36 bits per heavy atom. The van der Waals surface area contributed by atoms with Crippen LogP contribution in [0.1, 0.15) is 25.6 Å². The summed E-state index contributed by atoms with van der Waals surface area (Å²) in [5.41, 5.74) is 1.56. The van der Waals surface area contributed by atoms with Crippen LogP contribution in [0.2, 0.25) is 0 Å². The molecule has 0 saturated carbocycles. The molecule has 22 heavy (non-hydrogen) atoms. The van der Waals surface area contributed by atoms with Gasteiger partial charge in [-0.15, -0.1) is 0 Å². The number of rotatable bonds is 2. The van der Waals surface area contributed by atoms with E-state index in [0.29, 0.717) is 13.1 Å². The molecule has 8 heteroatoms. The Bertz CT molecular complexity index is 687. The van der Waals surface area contributed by atoms with Crippen molar-refractivity contribution in [3.8, 4) is 0 Å². The summed E-state index contributed by atoms with van der Waals surface area (Å²) in [7, 11) is 0. The molecule has 0 spiro atoms. The van der Waals surface area contributed by atoms with Crippen molar-refractivity contribution < 1.29 is 9.53 Å². The zero-order valence-electron chi connectivity index (χ0n) is 12.5. The fourth-order valence-corrected chi connectivity index (χ4v) is 2.86. The van der Waals surface area contributed by atoms with Gasteiger partial charge in [-0.3, -0.25) is 4.90 Å². The largest absolute Gasteiger partial charge is 0.447 e. The second-order valence-corrected chi connectivity index (χ2v) is 6.31. The molecule has 0 aromatic carbocycles. The lowest BCUT2D eigenvalue weighted by Crippen LogP contribution is -2.49. The standard InChI is InChI=1S/C14H18BrN5O2/c1-9(2)22-14(21)19-6-4-16-8-12(19)11-3-5-20-13(18-11)10(15)7-17-20/h3,5,7,9,12,16H,4,6,8H2,1-2H3. The van der Waals surface area contributed by atoms with Gasteiger partial charge in [-0.2, -0.15) is 5.10 Å². The van der Waals surface area contributed by atoms with Crippen LogP contribution in [0, 0.1) is 0 Å². The molecular weight excluding hydrogens is 350 g/mol. The van der Waals surface area contributed by atoms with E-state index in [1.165, 1.54) is 0 Å². The van der Waals surface area contributed by atoms with Crippen LogP contribution in [0.25, 0.3) is 5.65 Å². The molecule has 1 fully saturated rings. The number of ether oxygens (including phenoxy) is 1. The van der Waals surface area contributed by atoms with Crippen LogP contribution >= 0.6 is 15.9 Å². The van der Waals surface area contributed by atoms with Crippen LogP contribution in [0.5, 0.6) is 0 Å². The third-order valence-electron chi connectivity index (χ3n) is 3.50. The van der Waals surface area contributed by atoms with E-state index in [9.17, 15) is 4.79 Å². The number of nitrogens with zero attached hydrogens (tertiary/aromatic N) is 4. The topological polar surface area (TPSA) is 71.8 Å². The van der Waals surface area contributed by atoms with Crippen molar-refractivity contribution in [3.05, 3.63) is 28.6 Å². The molecule has 0 bridgehead atoms. The Labute approximate surface area is 136 Å². The average molecular weight is 368 g/mol. The van der Waals surface area contributed by atoms with Crippen LogP contribution < -0.4 is 5.32 Å². The highest BCUT2D eigenvalue weighted by Crippen LogP contribution is 2.24. The summed E-state index contributed by atoms with van der Waals surface area (Å²) in [5.74, 6) is 0. The Morgan fingerprint density at radius 3 is 3.14 bits per heavy atom. The number of nitrogens with one attached hydrogen (secondary N) is 1. The van der Waals surface area contributed by atoms with Crippen molar-refractivity contribution in [2.75, 3.05) is 19.6 Å². The molecule has 1 aliphatic rings. The zero-order valence-corrected chi connectivity index (χ0v) is 14.1. The third kappa shape index (κ3) is 2.93. The summed E-state index contributed by atoms with van der Waals surface area (Å²) >= 11 is 3.44. The van der Waals surface area contributed by atoms with Crippen molar-refractivity contribution in [2.24, 2.45) is 0 Å². The fourth-order valence-electron chi connectivity index (χ4n) is 2.50. The quantitative estimate of drug-likeness (QED) is 0.878. The summed E-state index contributed by atoms with van der Waals surface area (Å²) in [6.45, 7) is 5.71. The molecule has 2 aromatic heterocycles. The predicted molar refractivity (Wildman–Crippen MR) is 84.6 cm³/mol. The maximum atomic E-state index is 12.3. The van der Waals surface area contributed by atoms with Gasteiger partial charge in [-0.25, -0.2) is 14.3 Å². The lowest BCUT2D eigenvalue weighted by atomic mass is 10.1. The molecular formula is C14H18BrN5O2. The highest BCUT2D eigenvalue weighted by atomic mass is 79.9. The van der Waals surface area contributed by atoms with Gasteiger partial charge in [0.05, 0.1) is 28.5 Å². The fraction of sp³-hybridized carbons (Fsp3) is 0.500. The van der Waals surface area contributed by atoms with Crippen molar-refractivity contribution in [1.29, 1.82) is 0 Å². The second kappa shape index (κ2) is 6.21. The zero-order chi connectivity index (χ0) is 15.7. The van der Waals surface area contributed by atoms with E-state index in [0.717, 1.165) is 22.4 Å². The molecule has 1 saturated heterocycles. The number of aromatic nitrogens is 3. The Hall–Kier alpha value is -1.67. The van der Waals surface area contributed by atoms with Gasteiger partial charge in [-0.05, 0) is 35.8 Å². The molecule has 118 valence electrons. The van der Waals surface area contributed by atoms with Crippen molar-refractivity contribution in [1.82, 2.24) is 24.8 Å². The molecule has 0 aliphatic carbocycles.